The number of ether oxygens (including phenoxy) is 1. The number of methoxy groups -OCH3 is 1. The minimum absolute atomic E-state index is 0.133. The number of nitro groups is 1. The topological polar surface area (TPSA) is 52.4 Å². The minimum Gasteiger partial charge on any atom is -0.497 e. The van der Waals surface area contributed by atoms with Crippen LogP contribution in [0.1, 0.15) is 29.0 Å². The van der Waals surface area contributed by atoms with Gasteiger partial charge < -0.3 is 4.74 Å². The van der Waals surface area contributed by atoms with Gasteiger partial charge in [-0.1, -0.05) is 42.5 Å². The van der Waals surface area contributed by atoms with Gasteiger partial charge in [-0.05, 0) is 47.2 Å². The molecule has 0 aliphatic heterocycles. The van der Waals surface area contributed by atoms with Crippen LogP contribution in [-0.4, -0.2) is 12.0 Å². The number of rotatable bonds is 3. The van der Waals surface area contributed by atoms with E-state index in [1.807, 2.05) is 36.4 Å². The lowest BCUT2D eigenvalue weighted by atomic mass is 9.68. The zero-order chi connectivity index (χ0) is 17.4. The SMILES string of the molecule is COc1ccc([C@H]2C([N+](=O)[O-])=CC=C3c4ccccc4CC[C@@H]32)cc1. The van der Waals surface area contributed by atoms with E-state index >= 15 is 0 Å². The van der Waals surface area contributed by atoms with Crippen LogP contribution in [0.25, 0.3) is 5.57 Å². The standard InChI is InChI=1S/C21H19NO3/c1-25-16-9-6-15(7-10-16)21-19-11-8-14-4-2-3-5-17(14)18(19)12-13-20(21)22(23)24/h2-7,9-10,12-13,19,21H,8,11H2,1H3/t19-,21+/m0/s1. The van der Waals surface area contributed by atoms with E-state index in [1.165, 1.54) is 16.7 Å². The van der Waals surface area contributed by atoms with Crippen molar-refractivity contribution in [1.82, 2.24) is 0 Å². The number of benzene rings is 2. The quantitative estimate of drug-likeness (QED) is 0.609. The molecular weight excluding hydrogens is 314 g/mol. The molecule has 4 nitrogen and oxygen atoms in total. The van der Waals surface area contributed by atoms with Crippen LogP contribution in [0.15, 0.2) is 66.4 Å². The van der Waals surface area contributed by atoms with Gasteiger partial charge in [-0.15, -0.1) is 0 Å². The van der Waals surface area contributed by atoms with E-state index < -0.39 is 0 Å². The summed E-state index contributed by atoms with van der Waals surface area (Å²) in [6.07, 6.45) is 5.50. The summed E-state index contributed by atoms with van der Waals surface area (Å²) in [4.78, 5) is 11.4. The average molecular weight is 333 g/mol. The fourth-order valence-electron chi connectivity index (χ4n) is 4.12. The predicted octanol–water partition coefficient (Wildman–Crippen LogP) is 4.60. The van der Waals surface area contributed by atoms with Gasteiger partial charge in [0.05, 0.1) is 18.0 Å². The third-order valence-electron chi connectivity index (χ3n) is 5.29. The van der Waals surface area contributed by atoms with E-state index in [9.17, 15) is 10.1 Å². The first kappa shape index (κ1) is 15.6. The second-order valence-electron chi connectivity index (χ2n) is 6.52. The molecule has 0 bridgehead atoms. The number of fused-ring (bicyclic) bond motifs is 3. The van der Waals surface area contributed by atoms with Crippen LogP contribution in [-0.2, 0) is 6.42 Å². The van der Waals surface area contributed by atoms with Crippen molar-refractivity contribution in [2.45, 2.75) is 18.8 Å². The maximum atomic E-state index is 11.7. The van der Waals surface area contributed by atoms with Gasteiger partial charge in [0.15, 0.2) is 0 Å². The Morgan fingerprint density at radius 1 is 1.08 bits per heavy atom. The van der Waals surface area contributed by atoms with Crippen molar-refractivity contribution in [2.24, 2.45) is 5.92 Å². The van der Waals surface area contributed by atoms with Crippen molar-refractivity contribution < 1.29 is 9.66 Å². The van der Waals surface area contributed by atoms with Gasteiger partial charge in [0.25, 0.3) is 5.70 Å². The molecule has 4 heteroatoms. The molecule has 0 saturated heterocycles. The van der Waals surface area contributed by atoms with Crippen molar-refractivity contribution in [3.63, 3.8) is 0 Å². The molecule has 25 heavy (non-hydrogen) atoms. The van der Waals surface area contributed by atoms with Crippen LogP contribution >= 0.6 is 0 Å². The number of hydrogen-bond donors (Lipinski definition) is 0. The smallest absolute Gasteiger partial charge is 0.254 e. The summed E-state index contributed by atoms with van der Waals surface area (Å²) in [6, 6.07) is 16.0. The molecule has 2 aliphatic rings. The second-order valence-corrected chi connectivity index (χ2v) is 6.52. The van der Waals surface area contributed by atoms with Crippen LogP contribution in [0.5, 0.6) is 5.75 Å². The van der Waals surface area contributed by atoms with Gasteiger partial charge in [0.1, 0.15) is 5.75 Å². The molecule has 2 aliphatic carbocycles. The van der Waals surface area contributed by atoms with E-state index in [2.05, 4.69) is 18.2 Å². The lowest BCUT2D eigenvalue weighted by Crippen LogP contribution is -2.26. The van der Waals surface area contributed by atoms with Crippen molar-refractivity contribution >= 4 is 5.57 Å². The Morgan fingerprint density at radius 3 is 2.56 bits per heavy atom. The van der Waals surface area contributed by atoms with Crippen LogP contribution in [0.3, 0.4) is 0 Å². The normalized spacial score (nSPS) is 21.5. The summed E-state index contributed by atoms with van der Waals surface area (Å²) < 4.78 is 5.22. The highest BCUT2D eigenvalue weighted by atomic mass is 16.6. The Morgan fingerprint density at radius 2 is 1.84 bits per heavy atom. The Balaban J connectivity index is 1.82. The van der Waals surface area contributed by atoms with Crippen LogP contribution in [0.4, 0.5) is 0 Å². The molecule has 126 valence electrons. The van der Waals surface area contributed by atoms with E-state index in [0.29, 0.717) is 0 Å². The van der Waals surface area contributed by atoms with Crippen molar-refractivity contribution in [3.05, 3.63) is 93.2 Å². The number of hydrogen-bond acceptors (Lipinski definition) is 3. The summed E-state index contributed by atoms with van der Waals surface area (Å²) >= 11 is 0. The highest BCUT2D eigenvalue weighted by Crippen LogP contribution is 2.48. The Kier molecular flexibility index (Phi) is 3.88. The molecule has 0 fully saturated rings. The van der Waals surface area contributed by atoms with Gasteiger partial charge >= 0.3 is 0 Å². The Bertz CT molecular complexity index is 880. The Labute approximate surface area is 146 Å². The summed E-state index contributed by atoms with van der Waals surface area (Å²) in [5.41, 5.74) is 5.03. The first-order valence-corrected chi connectivity index (χ1v) is 8.47. The van der Waals surface area contributed by atoms with Crippen molar-refractivity contribution in [1.29, 1.82) is 0 Å². The molecule has 0 unspecified atom stereocenters. The van der Waals surface area contributed by atoms with E-state index in [0.717, 1.165) is 24.2 Å². The molecule has 4 rings (SSSR count). The van der Waals surface area contributed by atoms with Gasteiger partial charge in [-0.25, -0.2) is 0 Å². The fourth-order valence-corrected chi connectivity index (χ4v) is 4.12. The van der Waals surface area contributed by atoms with Crippen molar-refractivity contribution in [3.8, 4) is 5.75 Å². The number of aryl methyl sites for hydroxylation is 1. The first-order valence-electron chi connectivity index (χ1n) is 8.47. The highest BCUT2D eigenvalue weighted by Gasteiger charge is 2.40. The maximum Gasteiger partial charge on any atom is 0.254 e. The monoisotopic (exact) mass is 333 g/mol. The molecule has 2 aromatic rings. The van der Waals surface area contributed by atoms with E-state index in [1.54, 1.807) is 13.2 Å². The highest BCUT2D eigenvalue weighted by molar-refractivity contribution is 5.75. The van der Waals surface area contributed by atoms with Gasteiger partial charge in [0, 0.05) is 12.0 Å². The molecule has 2 atom stereocenters. The minimum atomic E-state index is -0.233. The van der Waals surface area contributed by atoms with Crippen LogP contribution in [0.2, 0.25) is 0 Å². The molecule has 0 aromatic heterocycles. The zero-order valence-electron chi connectivity index (χ0n) is 14.0. The van der Waals surface area contributed by atoms with Gasteiger partial charge in [0.2, 0.25) is 0 Å². The summed E-state index contributed by atoms with van der Waals surface area (Å²) in [7, 11) is 1.62. The third-order valence-corrected chi connectivity index (χ3v) is 5.29. The molecule has 0 N–H and O–H groups in total. The molecule has 0 spiro atoms. The Hall–Kier alpha value is -2.88. The van der Waals surface area contributed by atoms with Gasteiger partial charge in [-0.3, -0.25) is 10.1 Å². The molecule has 0 amide bonds. The van der Waals surface area contributed by atoms with E-state index in [4.69, 9.17) is 4.74 Å². The maximum absolute atomic E-state index is 11.7. The summed E-state index contributed by atoms with van der Waals surface area (Å²) in [5, 5.41) is 11.7. The second kappa shape index (κ2) is 6.20. The van der Waals surface area contributed by atoms with Crippen LogP contribution in [0, 0.1) is 16.0 Å². The molecular formula is C21H19NO3. The molecule has 0 saturated carbocycles. The number of nitrogens with zero attached hydrogens (tertiary/aromatic N) is 1. The average Bonchev–Trinajstić information content (AvgIpc) is 2.66. The van der Waals surface area contributed by atoms with Crippen molar-refractivity contribution in [2.75, 3.05) is 7.11 Å². The largest absolute Gasteiger partial charge is 0.497 e. The number of allylic oxidation sites excluding steroid dienone is 4. The van der Waals surface area contributed by atoms with Gasteiger partial charge in [-0.2, -0.15) is 0 Å². The molecule has 0 heterocycles. The summed E-state index contributed by atoms with van der Waals surface area (Å²) in [6.45, 7) is 0. The lowest BCUT2D eigenvalue weighted by Gasteiger charge is -2.35. The summed E-state index contributed by atoms with van der Waals surface area (Å²) in [5.74, 6) is 0.666. The predicted molar refractivity (Wildman–Crippen MR) is 97.0 cm³/mol. The fraction of sp³-hybridized carbons (Fsp3) is 0.238. The molecule has 0 radical (unpaired) electrons. The lowest BCUT2D eigenvalue weighted by molar-refractivity contribution is -0.431. The zero-order valence-corrected chi connectivity index (χ0v) is 14.0. The van der Waals surface area contributed by atoms with E-state index in [-0.39, 0.29) is 22.5 Å². The van der Waals surface area contributed by atoms with Crippen LogP contribution < -0.4 is 4.74 Å². The third kappa shape index (κ3) is 2.64. The first-order chi connectivity index (χ1) is 12.2. The molecule has 2 aromatic carbocycles.